The molecular weight excluding hydrogens is 546 g/mol. The minimum atomic E-state index is -0.974. The summed E-state index contributed by atoms with van der Waals surface area (Å²) in [5.74, 6) is -1.53. The van der Waals surface area contributed by atoms with Crippen LogP contribution in [0.25, 0.3) is 10.8 Å². The lowest BCUT2D eigenvalue weighted by molar-refractivity contribution is -0.148. The van der Waals surface area contributed by atoms with Crippen molar-refractivity contribution in [1.82, 2.24) is 15.1 Å². The lowest BCUT2D eigenvalue weighted by atomic mass is 9.98. The van der Waals surface area contributed by atoms with E-state index in [-0.39, 0.29) is 25.5 Å². The molecule has 9 nitrogen and oxygen atoms in total. The Kier molecular flexibility index (Phi) is 11.3. The monoisotopic (exact) mass is 589 g/mol. The van der Waals surface area contributed by atoms with Crippen LogP contribution in [0.4, 0.5) is 4.79 Å². The van der Waals surface area contributed by atoms with Crippen molar-refractivity contribution in [3.63, 3.8) is 0 Å². The molecule has 0 radical (unpaired) electrons. The summed E-state index contributed by atoms with van der Waals surface area (Å²) in [4.78, 5) is 55.7. The van der Waals surface area contributed by atoms with E-state index in [1.807, 2.05) is 72.8 Å². The third kappa shape index (κ3) is 9.84. The molecule has 2 atom stereocenters. The predicted octanol–water partition coefficient (Wildman–Crippen LogP) is 4.76. The van der Waals surface area contributed by atoms with Crippen LogP contribution in [0.1, 0.15) is 45.7 Å². The highest BCUT2D eigenvalue weighted by atomic mass is 16.6. The van der Waals surface area contributed by atoms with Gasteiger partial charge in [0, 0.05) is 26.9 Å². The van der Waals surface area contributed by atoms with Gasteiger partial charge in [0.05, 0.1) is 6.10 Å². The van der Waals surface area contributed by atoms with Crippen LogP contribution < -0.4 is 5.32 Å². The van der Waals surface area contributed by atoms with Crippen LogP contribution in [0.15, 0.2) is 72.8 Å². The van der Waals surface area contributed by atoms with E-state index in [2.05, 4.69) is 5.32 Å². The van der Waals surface area contributed by atoms with Crippen LogP contribution in [-0.2, 0) is 36.7 Å². The zero-order chi connectivity index (χ0) is 31.7. The molecule has 230 valence electrons. The molecule has 0 aliphatic heterocycles. The van der Waals surface area contributed by atoms with E-state index < -0.39 is 41.6 Å². The van der Waals surface area contributed by atoms with Crippen molar-refractivity contribution >= 4 is 34.6 Å². The fourth-order valence-electron chi connectivity index (χ4n) is 4.65. The van der Waals surface area contributed by atoms with E-state index in [1.54, 1.807) is 34.6 Å². The fraction of sp³-hybridized carbons (Fsp3) is 0.412. The maximum Gasteiger partial charge on any atom is 0.410 e. The van der Waals surface area contributed by atoms with Gasteiger partial charge in [-0.15, -0.1) is 0 Å². The number of rotatable bonds is 11. The molecule has 43 heavy (non-hydrogen) atoms. The van der Waals surface area contributed by atoms with E-state index in [0.717, 1.165) is 21.9 Å². The number of hydrogen-bond acceptors (Lipinski definition) is 6. The summed E-state index contributed by atoms with van der Waals surface area (Å²) < 4.78 is 10.8. The summed E-state index contributed by atoms with van der Waals surface area (Å²) in [5.41, 5.74) is 0.911. The summed E-state index contributed by atoms with van der Waals surface area (Å²) in [6, 6.07) is 21.2. The van der Waals surface area contributed by atoms with Gasteiger partial charge in [0.15, 0.2) is 0 Å². The molecule has 0 saturated heterocycles. The van der Waals surface area contributed by atoms with Crippen molar-refractivity contribution in [3.05, 3.63) is 83.9 Å². The molecule has 0 heterocycles. The van der Waals surface area contributed by atoms with Gasteiger partial charge in [-0.3, -0.25) is 19.3 Å². The Bertz CT molecular complexity index is 1420. The fourth-order valence-corrected chi connectivity index (χ4v) is 4.65. The van der Waals surface area contributed by atoms with Crippen LogP contribution in [0, 0.1) is 0 Å². The largest absolute Gasteiger partial charge is 0.462 e. The lowest BCUT2D eigenvalue weighted by Gasteiger charge is -2.35. The van der Waals surface area contributed by atoms with Crippen LogP contribution in [0.2, 0.25) is 0 Å². The lowest BCUT2D eigenvalue weighted by Crippen LogP contribution is -2.56. The van der Waals surface area contributed by atoms with Crippen LogP contribution in [0.5, 0.6) is 0 Å². The second kappa shape index (κ2) is 14.7. The first-order valence-electron chi connectivity index (χ1n) is 14.5. The van der Waals surface area contributed by atoms with Gasteiger partial charge in [-0.05, 0) is 56.5 Å². The first-order valence-corrected chi connectivity index (χ1v) is 14.5. The van der Waals surface area contributed by atoms with Crippen molar-refractivity contribution in [3.8, 4) is 0 Å². The molecule has 0 unspecified atom stereocenters. The SMILES string of the molecule is CC(C)OC(=O)CNC(=O)[C@@H](Cc1ccccc1)N(C)C(=O)[C@@H](Cc1ccc2ccccc2c1)N(C)C(=O)OC(C)(C)C. The van der Waals surface area contributed by atoms with Gasteiger partial charge >= 0.3 is 12.1 Å². The molecule has 0 aromatic heterocycles. The van der Waals surface area contributed by atoms with E-state index in [0.29, 0.717) is 0 Å². The average molecular weight is 590 g/mol. The minimum Gasteiger partial charge on any atom is -0.462 e. The first-order chi connectivity index (χ1) is 20.2. The number of nitrogens with one attached hydrogen (secondary N) is 1. The van der Waals surface area contributed by atoms with Crippen LogP contribution in [0.3, 0.4) is 0 Å². The number of amides is 3. The maximum atomic E-state index is 14.2. The Balaban J connectivity index is 1.94. The van der Waals surface area contributed by atoms with Gasteiger partial charge in [0.1, 0.15) is 24.2 Å². The zero-order valence-electron chi connectivity index (χ0n) is 26.1. The van der Waals surface area contributed by atoms with E-state index in [4.69, 9.17) is 9.47 Å². The molecule has 0 saturated carbocycles. The molecule has 3 aromatic carbocycles. The highest BCUT2D eigenvalue weighted by molar-refractivity contribution is 5.93. The standard InChI is InChI=1S/C34H43N3O6/c1-23(2)42-30(38)22-35-31(39)28(20-24-13-9-8-10-14-24)36(6)32(40)29(37(7)33(41)43-34(3,4)5)21-25-17-18-26-15-11-12-16-27(26)19-25/h8-19,23,28-29H,20-22H2,1-7H3,(H,35,39)/t28-,29-/m1/s1. The molecule has 3 rings (SSSR count). The van der Waals surface area contributed by atoms with Gasteiger partial charge in [-0.1, -0.05) is 72.8 Å². The van der Waals surface area contributed by atoms with Crippen molar-refractivity contribution in [2.24, 2.45) is 0 Å². The van der Waals surface area contributed by atoms with Crippen molar-refractivity contribution < 1.29 is 28.7 Å². The highest BCUT2D eigenvalue weighted by Gasteiger charge is 2.36. The number of nitrogens with zero attached hydrogens (tertiary/aromatic N) is 2. The number of hydrogen-bond donors (Lipinski definition) is 1. The number of likely N-dealkylation sites (N-methyl/N-ethyl adjacent to an activating group) is 2. The molecule has 3 aromatic rings. The molecular formula is C34H43N3O6. The average Bonchev–Trinajstić information content (AvgIpc) is 2.95. The van der Waals surface area contributed by atoms with Crippen LogP contribution >= 0.6 is 0 Å². The van der Waals surface area contributed by atoms with Crippen molar-refractivity contribution in [2.45, 2.75) is 71.2 Å². The first kappa shape index (κ1) is 33.1. The predicted molar refractivity (Wildman–Crippen MR) is 166 cm³/mol. The molecule has 0 aliphatic carbocycles. The zero-order valence-corrected chi connectivity index (χ0v) is 26.1. The topological polar surface area (TPSA) is 105 Å². The van der Waals surface area contributed by atoms with Gasteiger partial charge < -0.3 is 19.7 Å². The second-order valence-corrected chi connectivity index (χ2v) is 11.9. The minimum absolute atomic E-state index is 0.199. The van der Waals surface area contributed by atoms with Gasteiger partial charge in [-0.2, -0.15) is 0 Å². The number of esters is 1. The van der Waals surface area contributed by atoms with Gasteiger partial charge in [0.2, 0.25) is 11.8 Å². The Hall–Kier alpha value is -4.40. The van der Waals surface area contributed by atoms with E-state index >= 15 is 0 Å². The molecule has 9 heteroatoms. The summed E-state index contributed by atoms with van der Waals surface area (Å²) in [6.45, 7) is 8.39. The van der Waals surface area contributed by atoms with Crippen LogP contribution in [-0.4, -0.2) is 78.1 Å². The number of carbonyl (C=O) groups is 4. The Morgan fingerprint density at radius 3 is 2.00 bits per heavy atom. The van der Waals surface area contributed by atoms with E-state index in [9.17, 15) is 19.2 Å². The number of carbonyl (C=O) groups excluding carboxylic acids is 4. The molecule has 0 aliphatic rings. The Labute approximate surface area is 254 Å². The van der Waals surface area contributed by atoms with Crippen molar-refractivity contribution in [2.75, 3.05) is 20.6 Å². The summed E-state index contributed by atoms with van der Waals surface area (Å²) in [7, 11) is 3.07. The Morgan fingerprint density at radius 1 is 0.767 bits per heavy atom. The summed E-state index contributed by atoms with van der Waals surface area (Å²) >= 11 is 0. The van der Waals surface area contributed by atoms with E-state index in [1.165, 1.54) is 23.9 Å². The van der Waals surface area contributed by atoms with Gasteiger partial charge in [-0.25, -0.2) is 4.79 Å². The molecule has 0 fully saturated rings. The summed E-state index contributed by atoms with van der Waals surface area (Å²) in [6.07, 6.45) is -0.578. The normalized spacial score (nSPS) is 12.7. The third-order valence-corrected chi connectivity index (χ3v) is 6.84. The highest BCUT2D eigenvalue weighted by Crippen LogP contribution is 2.21. The molecule has 0 bridgehead atoms. The number of benzene rings is 3. The quantitative estimate of drug-likeness (QED) is 0.324. The number of ether oxygens (including phenoxy) is 2. The number of fused-ring (bicyclic) bond motifs is 1. The van der Waals surface area contributed by atoms with Crippen molar-refractivity contribution in [1.29, 1.82) is 0 Å². The molecule has 1 N–H and O–H groups in total. The Morgan fingerprint density at radius 2 is 1.37 bits per heavy atom. The van der Waals surface area contributed by atoms with Gasteiger partial charge in [0.25, 0.3) is 0 Å². The smallest absolute Gasteiger partial charge is 0.410 e. The second-order valence-electron chi connectivity index (χ2n) is 11.9. The molecule has 0 spiro atoms. The third-order valence-electron chi connectivity index (χ3n) is 6.84. The molecule has 3 amide bonds. The summed E-state index contributed by atoms with van der Waals surface area (Å²) in [5, 5.41) is 4.69. The maximum absolute atomic E-state index is 14.2.